The molecule has 1 N–H and O–H groups in total. The second-order valence-corrected chi connectivity index (χ2v) is 5.01. The maximum Gasteiger partial charge on any atom is 0.246 e. The molecule has 108 valence electrons. The fourth-order valence-corrected chi connectivity index (χ4v) is 2.32. The van der Waals surface area contributed by atoms with Crippen molar-refractivity contribution < 1.29 is 9.53 Å². The summed E-state index contributed by atoms with van der Waals surface area (Å²) < 4.78 is 5.31. The van der Waals surface area contributed by atoms with Gasteiger partial charge < -0.3 is 15.0 Å². The van der Waals surface area contributed by atoms with Crippen LogP contribution in [0.3, 0.4) is 0 Å². The normalized spacial score (nSPS) is 16.2. The molecule has 1 fully saturated rings. The van der Waals surface area contributed by atoms with Gasteiger partial charge in [-0.15, -0.1) is 0 Å². The summed E-state index contributed by atoms with van der Waals surface area (Å²) in [4.78, 5) is 14.1. The van der Waals surface area contributed by atoms with Crippen LogP contribution in [0, 0.1) is 6.92 Å². The number of hydrogen-bond acceptors (Lipinski definition) is 3. The molecule has 0 aromatic heterocycles. The maximum absolute atomic E-state index is 12.2. The number of nitrogens with zero attached hydrogens (tertiary/aromatic N) is 1. The largest absolute Gasteiger partial charge is 0.496 e. The molecule has 1 saturated heterocycles. The summed E-state index contributed by atoms with van der Waals surface area (Å²) in [5.41, 5.74) is 2.09. The van der Waals surface area contributed by atoms with Crippen molar-refractivity contribution in [3.05, 3.63) is 35.4 Å². The first kappa shape index (κ1) is 14.6. The number of nitrogens with one attached hydrogen (secondary N) is 1. The molecule has 0 saturated carbocycles. The quantitative estimate of drug-likeness (QED) is 0.855. The fraction of sp³-hybridized carbons (Fsp3) is 0.438. The molecule has 2 rings (SSSR count). The van der Waals surface area contributed by atoms with Gasteiger partial charge in [-0.1, -0.05) is 11.6 Å². The zero-order valence-electron chi connectivity index (χ0n) is 12.2. The zero-order valence-corrected chi connectivity index (χ0v) is 12.2. The molecule has 0 bridgehead atoms. The van der Waals surface area contributed by atoms with Gasteiger partial charge in [0.1, 0.15) is 5.75 Å². The molecular formula is C16H22N2O2. The number of amides is 1. The standard InChI is InChI=1S/C16H22N2O2/c1-13-4-6-15(20-2)14(12-13)5-7-16(19)18-10-3-8-17-9-11-18/h4-7,12,17H,3,8-11H2,1-2H3. The average Bonchev–Trinajstić information content (AvgIpc) is 2.74. The highest BCUT2D eigenvalue weighted by Gasteiger charge is 2.12. The second-order valence-electron chi connectivity index (χ2n) is 5.01. The van der Waals surface area contributed by atoms with Crippen LogP contribution in [0.5, 0.6) is 5.75 Å². The third-order valence-electron chi connectivity index (χ3n) is 3.44. The van der Waals surface area contributed by atoms with Crippen LogP contribution in [-0.4, -0.2) is 44.1 Å². The van der Waals surface area contributed by atoms with Crippen LogP contribution in [0.15, 0.2) is 24.3 Å². The second kappa shape index (κ2) is 7.10. The van der Waals surface area contributed by atoms with Gasteiger partial charge in [-0.25, -0.2) is 0 Å². The third-order valence-corrected chi connectivity index (χ3v) is 3.44. The van der Waals surface area contributed by atoms with Crippen molar-refractivity contribution >= 4 is 12.0 Å². The minimum Gasteiger partial charge on any atom is -0.496 e. The summed E-state index contributed by atoms with van der Waals surface area (Å²) in [6, 6.07) is 5.94. The molecule has 0 spiro atoms. The lowest BCUT2D eigenvalue weighted by Crippen LogP contribution is -2.32. The Morgan fingerprint density at radius 3 is 3.00 bits per heavy atom. The van der Waals surface area contributed by atoms with E-state index in [-0.39, 0.29) is 5.91 Å². The molecule has 0 aliphatic carbocycles. The van der Waals surface area contributed by atoms with Gasteiger partial charge in [0.15, 0.2) is 0 Å². The Balaban J connectivity index is 2.08. The number of rotatable bonds is 3. The molecule has 1 aliphatic heterocycles. The zero-order chi connectivity index (χ0) is 14.4. The number of benzene rings is 1. The van der Waals surface area contributed by atoms with E-state index in [1.54, 1.807) is 13.2 Å². The van der Waals surface area contributed by atoms with Crippen LogP contribution in [0.4, 0.5) is 0 Å². The molecule has 0 unspecified atom stereocenters. The number of aryl methyl sites for hydroxylation is 1. The van der Waals surface area contributed by atoms with Crippen molar-refractivity contribution in [2.45, 2.75) is 13.3 Å². The van der Waals surface area contributed by atoms with Crippen LogP contribution in [0.25, 0.3) is 6.08 Å². The van der Waals surface area contributed by atoms with Gasteiger partial charge in [0.2, 0.25) is 5.91 Å². The van der Waals surface area contributed by atoms with Gasteiger partial charge in [-0.2, -0.15) is 0 Å². The van der Waals surface area contributed by atoms with Crippen LogP contribution < -0.4 is 10.1 Å². The van der Waals surface area contributed by atoms with Crippen LogP contribution >= 0.6 is 0 Å². The highest BCUT2D eigenvalue weighted by molar-refractivity contribution is 5.92. The predicted octanol–water partition coefficient (Wildman–Crippen LogP) is 1.84. The van der Waals surface area contributed by atoms with E-state index in [1.165, 1.54) is 0 Å². The van der Waals surface area contributed by atoms with E-state index >= 15 is 0 Å². The summed E-state index contributed by atoms with van der Waals surface area (Å²) >= 11 is 0. The molecule has 4 nitrogen and oxygen atoms in total. The Hall–Kier alpha value is -1.81. The van der Waals surface area contributed by atoms with E-state index in [9.17, 15) is 4.79 Å². The molecule has 1 heterocycles. The summed E-state index contributed by atoms with van der Waals surface area (Å²) in [5, 5.41) is 3.29. The van der Waals surface area contributed by atoms with Gasteiger partial charge in [0, 0.05) is 31.3 Å². The first-order chi connectivity index (χ1) is 9.70. The van der Waals surface area contributed by atoms with Crippen molar-refractivity contribution in [1.82, 2.24) is 10.2 Å². The van der Waals surface area contributed by atoms with Gasteiger partial charge in [-0.3, -0.25) is 4.79 Å². The topological polar surface area (TPSA) is 41.6 Å². The Labute approximate surface area is 120 Å². The molecule has 1 aromatic carbocycles. The third kappa shape index (κ3) is 3.84. The average molecular weight is 274 g/mol. The van der Waals surface area contributed by atoms with E-state index in [1.807, 2.05) is 36.1 Å². The van der Waals surface area contributed by atoms with Gasteiger partial charge in [-0.05, 0) is 38.1 Å². The first-order valence-corrected chi connectivity index (χ1v) is 7.03. The number of ether oxygens (including phenoxy) is 1. The van der Waals surface area contributed by atoms with E-state index in [2.05, 4.69) is 5.32 Å². The fourth-order valence-electron chi connectivity index (χ4n) is 2.32. The molecule has 0 radical (unpaired) electrons. The summed E-state index contributed by atoms with van der Waals surface area (Å²) in [6.07, 6.45) is 4.49. The lowest BCUT2D eigenvalue weighted by atomic mass is 10.1. The van der Waals surface area contributed by atoms with E-state index < -0.39 is 0 Å². The lowest BCUT2D eigenvalue weighted by molar-refractivity contribution is -0.125. The Bertz CT molecular complexity index is 489. The molecule has 1 aromatic rings. The first-order valence-electron chi connectivity index (χ1n) is 7.03. The van der Waals surface area contributed by atoms with E-state index in [0.29, 0.717) is 0 Å². The predicted molar refractivity (Wildman–Crippen MR) is 80.8 cm³/mol. The smallest absolute Gasteiger partial charge is 0.246 e. The van der Waals surface area contributed by atoms with Gasteiger partial charge in [0.25, 0.3) is 0 Å². The summed E-state index contributed by atoms with van der Waals surface area (Å²) in [5.74, 6) is 0.856. The van der Waals surface area contributed by atoms with E-state index in [4.69, 9.17) is 4.74 Å². The van der Waals surface area contributed by atoms with Crippen molar-refractivity contribution in [3.8, 4) is 5.75 Å². The number of hydrogen-bond donors (Lipinski definition) is 1. The Kier molecular flexibility index (Phi) is 5.18. The van der Waals surface area contributed by atoms with Gasteiger partial charge in [0.05, 0.1) is 7.11 Å². The van der Waals surface area contributed by atoms with E-state index in [0.717, 1.165) is 49.5 Å². The Morgan fingerprint density at radius 1 is 1.35 bits per heavy atom. The van der Waals surface area contributed by atoms with Crippen molar-refractivity contribution in [2.75, 3.05) is 33.3 Å². The van der Waals surface area contributed by atoms with Gasteiger partial charge >= 0.3 is 0 Å². The monoisotopic (exact) mass is 274 g/mol. The molecule has 0 atom stereocenters. The minimum absolute atomic E-state index is 0.0669. The molecule has 1 aliphatic rings. The van der Waals surface area contributed by atoms with Crippen LogP contribution in [0.1, 0.15) is 17.5 Å². The minimum atomic E-state index is 0.0669. The molecular weight excluding hydrogens is 252 g/mol. The number of carbonyl (C=O) groups is 1. The number of methoxy groups -OCH3 is 1. The molecule has 4 heteroatoms. The van der Waals surface area contributed by atoms with Crippen molar-refractivity contribution in [2.24, 2.45) is 0 Å². The molecule has 20 heavy (non-hydrogen) atoms. The van der Waals surface area contributed by atoms with Crippen molar-refractivity contribution in [1.29, 1.82) is 0 Å². The summed E-state index contributed by atoms with van der Waals surface area (Å²) in [7, 11) is 1.64. The summed E-state index contributed by atoms with van der Waals surface area (Å²) in [6.45, 7) is 5.47. The highest BCUT2D eigenvalue weighted by atomic mass is 16.5. The SMILES string of the molecule is COc1ccc(C)cc1C=CC(=O)N1CCCNCC1. The molecule has 1 amide bonds. The number of carbonyl (C=O) groups excluding carboxylic acids is 1. The van der Waals surface area contributed by atoms with Crippen LogP contribution in [-0.2, 0) is 4.79 Å². The highest BCUT2D eigenvalue weighted by Crippen LogP contribution is 2.21. The Morgan fingerprint density at radius 2 is 2.20 bits per heavy atom. The van der Waals surface area contributed by atoms with Crippen molar-refractivity contribution in [3.63, 3.8) is 0 Å². The van der Waals surface area contributed by atoms with Crippen LogP contribution in [0.2, 0.25) is 0 Å². The lowest BCUT2D eigenvalue weighted by Gasteiger charge is -2.17. The maximum atomic E-state index is 12.2.